The largest absolute Gasteiger partial charge is 0.326 e. The highest BCUT2D eigenvalue weighted by atomic mass is 35.5. The van der Waals surface area contributed by atoms with Crippen molar-refractivity contribution in [2.75, 3.05) is 13.2 Å². The van der Waals surface area contributed by atoms with E-state index < -0.39 is 8.25 Å². The first-order chi connectivity index (χ1) is 14.0. The van der Waals surface area contributed by atoms with Crippen LogP contribution in [0.4, 0.5) is 4.39 Å². The Morgan fingerprint density at radius 1 is 0.966 bits per heavy atom. The predicted molar refractivity (Wildman–Crippen MR) is 117 cm³/mol. The van der Waals surface area contributed by atoms with Gasteiger partial charge >= 0.3 is 8.25 Å². The molecule has 0 radical (unpaired) electrons. The van der Waals surface area contributed by atoms with E-state index in [9.17, 15) is 8.96 Å². The Morgan fingerprint density at radius 3 is 2.34 bits per heavy atom. The van der Waals surface area contributed by atoms with E-state index in [1.807, 2.05) is 18.2 Å². The molecule has 0 amide bonds. The first-order valence-electron chi connectivity index (χ1n) is 10.1. The van der Waals surface area contributed by atoms with E-state index in [1.165, 1.54) is 23.3 Å². The van der Waals surface area contributed by atoms with Crippen molar-refractivity contribution in [3.63, 3.8) is 0 Å². The molecule has 1 atom stereocenters. The molecule has 160 valence electrons. The number of hydrogen-bond acceptors (Lipinski definition) is 3. The van der Waals surface area contributed by atoms with Crippen molar-refractivity contribution in [3.05, 3.63) is 70.0 Å². The van der Waals surface area contributed by atoms with Crippen LogP contribution in [0.2, 0.25) is 5.02 Å². The topological polar surface area (TPSA) is 58.6 Å². The van der Waals surface area contributed by atoms with Crippen molar-refractivity contribution < 1.29 is 18.4 Å². The molecule has 2 aromatic rings. The summed E-state index contributed by atoms with van der Waals surface area (Å²) in [5.41, 5.74) is 3.49. The molecule has 0 saturated heterocycles. The molecule has 2 N–H and O–H groups in total. The van der Waals surface area contributed by atoms with E-state index >= 15 is 0 Å². The number of halogens is 2. The van der Waals surface area contributed by atoms with E-state index in [2.05, 4.69) is 22.0 Å². The fraction of sp³-hybridized carbons (Fsp3) is 0.455. The van der Waals surface area contributed by atoms with E-state index in [1.54, 1.807) is 0 Å². The minimum absolute atomic E-state index is 0.181. The Kier molecular flexibility index (Phi) is 11.5. The molecule has 0 aromatic heterocycles. The molecule has 0 fully saturated rings. The number of unbranched alkanes of at least 4 members (excludes halogenated alkanes) is 3. The fourth-order valence-electron chi connectivity index (χ4n) is 3.14. The zero-order chi connectivity index (χ0) is 20.9. The molecule has 0 bridgehead atoms. The maximum absolute atomic E-state index is 12.9. The Balaban J connectivity index is 1.58. The van der Waals surface area contributed by atoms with Gasteiger partial charge in [0, 0.05) is 11.6 Å². The van der Waals surface area contributed by atoms with E-state index in [0.29, 0.717) is 19.5 Å². The monoisotopic (exact) mass is 441 g/mol. The third-order valence-electron chi connectivity index (χ3n) is 4.74. The summed E-state index contributed by atoms with van der Waals surface area (Å²) in [6, 6.07) is 12.9. The van der Waals surface area contributed by atoms with Crippen molar-refractivity contribution in [2.45, 2.75) is 51.5 Å². The molecule has 0 heterocycles. The van der Waals surface area contributed by atoms with Gasteiger partial charge in [-0.1, -0.05) is 48.7 Å². The third kappa shape index (κ3) is 10.4. The lowest BCUT2D eigenvalue weighted by molar-refractivity contribution is 0.276. The van der Waals surface area contributed by atoms with Gasteiger partial charge in [-0.3, -0.25) is 4.57 Å². The quantitative estimate of drug-likeness (QED) is 0.291. The van der Waals surface area contributed by atoms with Crippen LogP contribution in [0, 0.1) is 5.82 Å². The Hall–Kier alpha value is -1.23. The molecule has 2 aromatic carbocycles. The van der Waals surface area contributed by atoms with Gasteiger partial charge in [0.25, 0.3) is 0 Å². The molecule has 0 saturated carbocycles. The SMILES string of the molecule is O=[PH](O)OCCCNCc1ccc(CCCCCCc2ccc(F)cc2)c(Cl)c1. The summed E-state index contributed by atoms with van der Waals surface area (Å²) in [6.45, 7) is 1.70. The molecule has 1 unspecified atom stereocenters. The Morgan fingerprint density at radius 2 is 1.66 bits per heavy atom. The van der Waals surface area contributed by atoms with Gasteiger partial charge < -0.3 is 14.7 Å². The van der Waals surface area contributed by atoms with Crippen molar-refractivity contribution in [2.24, 2.45) is 0 Å². The number of hydrogen-bond donors (Lipinski definition) is 2. The van der Waals surface area contributed by atoms with Crippen LogP contribution in [0.25, 0.3) is 0 Å². The molecule has 4 nitrogen and oxygen atoms in total. The van der Waals surface area contributed by atoms with Crippen LogP contribution >= 0.6 is 19.9 Å². The van der Waals surface area contributed by atoms with Crippen molar-refractivity contribution >= 4 is 19.9 Å². The molecule has 2 rings (SSSR count). The highest BCUT2D eigenvalue weighted by Gasteiger charge is 2.03. The predicted octanol–water partition coefficient (Wildman–Crippen LogP) is 5.70. The summed E-state index contributed by atoms with van der Waals surface area (Å²) in [4.78, 5) is 8.58. The maximum atomic E-state index is 12.9. The normalized spacial score (nSPS) is 12.2. The molecule has 0 aliphatic heterocycles. The Bertz CT molecular complexity index is 758. The highest BCUT2D eigenvalue weighted by Crippen LogP contribution is 2.21. The zero-order valence-electron chi connectivity index (χ0n) is 16.6. The molecule has 7 heteroatoms. The van der Waals surface area contributed by atoms with Crippen LogP contribution in [-0.4, -0.2) is 18.0 Å². The molecular weight excluding hydrogens is 412 g/mol. The van der Waals surface area contributed by atoms with E-state index in [0.717, 1.165) is 49.1 Å². The molecule has 0 aliphatic carbocycles. The average Bonchev–Trinajstić information content (AvgIpc) is 2.69. The molecule has 0 spiro atoms. The van der Waals surface area contributed by atoms with Crippen LogP contribution in [0.1, 0.15) is 48.8 Å². The van der Waals surface area contributed by atoms with Crippen molar-refractivity contribution in [1.29, 1.82) is 0 Å². The summed E-state index contributed by atoms with van der Waals surface area (Å²) in [6.07, 6.45) is 7.19. The average molecular weight is 442 g/mol. The summed E-state index contributed by atoms with van der Waals surface area (Å²) < 4.78 is 28.0. The molecule has 29 heavy (non-hydrogen) atoms. The lowest BCUT2D eigenvalue weighted by atomic mass is 10.0. The van der Waals surface area contributed by atoms with E-state index in [4.69, 9.17) is 16.5 Å². The number of aryl methyl sites for hydroxylation is 2. The van der Waals surface area contributed by atoms with Crippen molar-refractivity contribution in [1.82, 2.24) is 5.32 Å². The van der Waals surface area contributed by atoms with Crippen LogP contribution in [-0.2, 0) is 28.5 Å². The summed E-state index contributed by atoms with van der Waals surface area (Å²) in [5, 5.41) is 4.08. The summed E-state index contributed by atoms with van der Waals surface area (Å²) in [5.74, 6) is -0.181. The second-order valence-electron chi connectivity index (χ2n) is 7.11. The van der Waals surface area contributed by atoms with Gasteiger partial charge in [0.15, 0.2) is 0 Å². The van der Waals surface area contributed by atoms with Gasteiger partial charge in [-0.2, -0.15) is 0 Å². The second kappa shape index (κ2) is 13.9. The van der Waals surface area contributed by atoms with E-state index in [-0.39, 0.29) is 12.4 Å². The van der Waals surface area contributed by atoms with Gasteiger partial charge in [-0.05, 0) is 73.5 Å². The minimum Gasteiger partial charge on any atom is -0.326 e. The van der Waals surface area contributed by atoms with Gasteiger partial charge in [-0.15, -0.1) is 0 Å². The number of benzene rings is 2. The van der Waals surface area contributed by atoms with Crippen molar-refractivity contribution in [3.8, 4) is 0 Å². The van der Waals surface area contributed by atoms with Gasteiger partial charge in [0.05, 0.1) is 6.61 Å². The van der Waals surface area contributed by atoms with Crippen LogP contribution in [0.5, 0.6) is 0 Å². The first-order valence-corrected chi connectivity index (χ1v) is 11.8. The van der Waals surface area contributed by atoms with Gasteiger partial charge in [0.2, 0.25) is 0 Å². The van der Waals surface area contributed by atoms with Crippen LogP contribution < -0.4 is 5.32 Å². The zero-order valence-corrected chi connectivity index (χ0v) is 18.4. The lowest BCUT2D eigenvalue weighted by Gasteiger charge is -2.09. The minimum atomic E-state index is -2.82. The maximum Gasteiger partial charge on any atom is 0.316 e. The Labute approximate surface area is 178 Å². The standard InChI is InChI=1S/C22H30ClFNO3P/c23-22-16-19(17-25-14-5-15-28-29(26)27)8-11-20(22)7-4-2-1-3-6-18-9-12-21(24)13-10-18/h8-13,16,25,29H,1-7,14-15,17H2,(H,26,27). The van der Waals surface area contributed by atoms with Crippen LogP contribution in [0.15, 0.2) is 42.5 Å². The highest BCUT2D eigenvalue weighted by molar-refractivity contribution is 7.32. The molecular formula is C22H30ClFNO3P. The third-order valence-corrected chi connectivity index (χ3v) is 5.55. The smallest absolute Gasteiger partial charge is 0.316 e. The lowest BCUT2D eigenvalue weighted by Crippen LogP contribution is -2.16. The molecule has 0 aliphatic rings. The second-order valence-corrected chi connectivity index (χ2v) is 8.34. The summed E-state index contributed by atoms with van der Waals surface area (Å²) in [7, 11) is -2.82. The number of nitrogens with one attached hydrogen (secondary N) is 1. The fourth-order valence-corrected chi connectivity index (χ4v) is 3.76. The first kappa shape index (κ1) is 24.0. The summed E-state index contributed by atoms with van der Waals surface area (Å²) >= 11 is 6.42. The van der Waals surface area contributed by atoms with Gasteiger partial charge in [-0.25, -0.2) is 4.39 Å². The van der Waals surface area contributed by atoms with Crippen LogP contribution in [0.3, 0.4) is 0 Å². The number of rotatable bonds is 14. The van der Waals surface area contributed by atoms with Gasteiger partial charge in [0.1, 0.15) is 5.82 Å².